The van der Waals surface area contributed by atoms with Crippen LogP contribution in [0.5, 0.6) is 11.5 Å². The SMILES string of the molecule is COc1ccc(OC)c2c(C(=O)O)cc(N(C)C)nc12. The van der Waals surface area contributed by atoms with Gasteiger partial charge in [-0.2, -0.15) is 0 Å². The highest BCUT2D eigenvalue weighted by Crippen LogP contribution is 2.36. The summed E-state index contributed by atoms with van der Waals surface area (Å²) in [7, 11) is 6.61. The zero-order chi connectivity index (χ0) is 14.9. The van der Waals surface area contributed by atoms with Crippen molar-refractivity contribution in [3.63, 3.8) is 0 Å². The van der Waals surface area contributed by atoms with Gasteiger partial charge in [-0.1, -0.05) is 0 Å². The highest BCUT2D eigenvalue weighted by atomic mass is 16.5. The van der Waals surface area contributed by atoms with Crippen LogP contribution in [0.1, 0.15) is 10.4 Å². The summed E-state index contributed by atoms with van der Waals surface area (Å²) in [5.41, 5.74) is 0.602. The number of ether oxygens (including phenoxy) is 2. The minimum Gasteiger partial charge on any atom is -0.496 e. The summed E-state index contributed by atoms with van der Waals surface area (Å²) in [4.78, 5) is 17.7. The molecule has 106 valence electrons. The summed E-state index contributed by atoms with van der Waals surface area (Å²) in [6.45, 7) is 0. The molecule has 2 rings (SSSR count). The minimum absolute atomic E-state index is 0.134. The molecule has 0 radical (unpaired) electrons. The third-order valence-electron chi connectivity index (χ3n) is 3.00. The Bertz CT molecular complexity index is 668. The number of pyridine rings is 1. The summed E-state index contributed by atoms with van der Waals surface area (Å²) in [6, 6.07) is 4.90. The molecule has 0 saturated heterocycles. The lowest BCUT2D eigenvalue weighted by molar-refractivity contribution is 0.0699. The number of carboxylic acid groups (broad SMARTS) is 1. The fraction of sp³-hybridized carbons (Fsp3) is 0.286. The number of anilines is 1. The number of methoxy groups -OCH3 is 2. The molecular formula is C14H16N2O4. The van der Waals surface area contributed by atoms with E-state index >= 15 is 0 Å². The summed E-state index contributed by atoms with van der Waals surface area (Å²) in [5, 5.41) is 9.87. The lowest BCUT2D eigenvalue weighted by Gasteiger charge is -2.16. The first-order valence-electron chi connectivity index (χ1n) is 5.96. The summed E-state index contributed by atoms with van der Waals surface area (Å²) in [5.74, 6) is 0.469. The van der Waals surface area contributed by atoms with Crippen LogP contribution in [-0.4, -0.2) is 44.4 Å². The lowest BCUT2D eigenvalue weighted by Crippen LogP contribution is -2.13. The van der Waals surface area contributed by atoms with Gasteiger partial charge in [0.2, 0.25) is 0 Å². The standard InChI is InChI=1S/C14H16N2O4/c1-16(2)11-7-8(14(17)18)12-9(19-3)5-6-10(20-4)13(12)15-11/h5-7H,1-4H3,(H,17,18). The predicted molar refractivity (Wildman–Crippen MR) is 76.1 cm³/mol. The van der Waals surface area contributed by atoms with E-state index in [2.05, 4.69) is 4.98 Å². The van der Waals surface area contributed by atoms with Crippen molar-refractivity contribution in [2.24, 2.45) is 0 Å². The maximum atomic E-state index is 11.5. The van der Waals surface area contributed by atoms with E-state index in [9.17, 15) is 9.90 Å². The molecule has 0 aliphatic rings. The normalized spacial score (nSPS) is 10.4. The predicted octanol–water partition coefficient (Wildman–Crippen LogP) is 2.02. The van der Waals surface area contributed by atoms with Crippen molar-refractivity contribution in [2.45, 2.75) is 0 Å². The van der Waals surface area contributed by atoms with Gasteiger partial charge in [-0.15, -0.1) is 0 Å². The Kier molecular flexibility index (Phi) is 3.65. The van der Waals surface area contributed by atoms with Crippen LogP contribution in [0.2, 0.25) is 0 Å². The average molecular weight is 276 g/mol. The Hall–Kier alpha value is -2.50. The van der Waals surface area contributed by atoms with Crippen LogP contribution < -0.4 is 14.4 Å². The number of aromatic nitrogens is 1. The molecular weight excluding hydrogens is 260 g/mol. The van der Waals surface area contributed by atoms with Gasteiger partial charge in [0.15, 0.2) is 0 Å². The fourth-order valence-electron chi connectivity index (χ4n) is 2.01. The number of hydrogen-bond donors (Lipinski definition) is 1. The Morgan fingerprint density at radius 2 is 1.80 bits per heavy atom. The zero-order valence-electron chi connectivity index (χ0n) is 11.8. The van der Waals surface area contributed by atoms with Gasteiger partial charge in [-0.25, -0.2) is 9.78 Å². The second kappa shape index (κ2) is 5.24. The van der Waals surface area contributed by atoms with Crippen molar-refractivity contribution >= 4 is 22.7 Å². The van der Waals surface area contributed by atoms with E-state index in [0.29, 0.717) is 28.2 Å². The van der Waals surface area contributed by atoms with Gasteiger partial charge in [0, 0.05) is 14.1 Å². The molecule has 0 fully saturated rings. The fourth-order valence-corrected chi connectivity index (χ4v) is 2.01. The molecule has 0 aliphatic heterocycles. The van der Waals surface area contributed by atoms with Crippen molar-refractivity contribution in [2.75, 3.05) is 33.2 Å². The molecule has 0 amide bonds. The van der Waals surface area contributed by atoms with E-state index in [1.165, 1.54) is 20.3 Å². The van der Waals surface area contributed by atoms with Crippen LogP contribution in [0, 0.1) is 0 Å². The number of fused-ring (bicyclic) bond motifs is 1. The number of nitrogens with zero attached hydrogens (tertiary/aromatic N) is 2. The van der Waals surface area contributed by atoms with Crippen molar-refractivity contribution in [3.8, 4) is 11.5 Å². The Labute approximate surface area is 116 Å². The lowest BCUT2D eigenvalue weighted by atomic mass is 10.1. The van der Waals surface area contributed by atoms with E-state index in [4.69, 9.17) is 9.47 Å². The smallest absolute Gasteiger partial charge is 0.336 e. The van der Waals surface area contributed by atoms with Crippen LogP contribution in [-0.2, 0) is 0 Å². The highest BCUT2D eigenvalue weighted by molar-refractivity contribution is 6.07. The molecule has 1 aromatic carbocycles. The van der Waals surface area contributed by atoms with Gasteiger partial charge < -0.3 is 19.5 Å². The van der Waals surface area contributed by atoms with Crippen LogP contribution in [0.4, 0.5) is 5.82 Å². The number of aromatic carboxylic acids is 1. The molecule has 0 bridgehead atoms. The van der Waals surface area contributed by atoms with E-state index in [1.807, 2.05) is 0 Å². The van der Waals surface area contributed by atoms with E-state index in [-0.39, 0.29) is 5.56 Å². The monoisotopic (exact) mass is 276 g/mol. The summed E-state index contributed by atoms with van der Waals surface area (Å²) in [6.07, 6.45) is 0. The molecule has 0 atom stereocenters. The van der Waals surface area contributed by atoms with Gasteiger partial charge in [-0.05, 0) is 18.2 Å². The van der Waals surface area contributed by atoms with Crippen LogP contribution >= 0.6 is 0 Å². The molecule has 6 nitrogen and oxygen atoms in total. The molecule has 0 unspecified atom stereocenters. The Balaban J connectivity index is 2.94. The number of hydrogen-bond acceptors (Lipinski definition) is 5. The molecule has 1 aromatic heterocycles. The van der Waals surface area contributed by atoms with E-state index < -0.39 is 5.97 Å². The maximum Gasteiger partial charge on any atom is 0.336 e. The first kappa shape index (κ1) is 13.9. The summed E-state index contributed by atoms with van der Waals surface area (Å²) < 4.78 is 10.5. The van der Waals surface area contributed by atoms with Gasteiger partial charge >= 0.3 is 5.97 Å². The molecule has 0 aliphatic carbocycles. The molecule has 0 saturated carbocycles. The zero-order valence-corrected chi connectivity index (χ0v) is 11.8. The van der Waals surface area contributed by atoms with Gasteiger partial charge in [0.05, 0.1) is 25.2 Å². The number of rotatable bonds is 4. The first-order valence-corrected chi connectivity index (χ1v) is 5.96. The summed E-state index contributed by atoms with van der Waals surface area (Å²) >= 11 is 0. The van der Waals surface area contributed by atoms with Crippen molar-refractivity contribution < 1.29 is 19.4 Å². The number of carbonyl (C=O) groups is 1. The third-order valence-corrected chi connectivity index (χ3v) is 3.00. The number of benzene rings is 1. The van der Waals surface area contributed by atoms with Gasteiger partial charge in [0.25, 0.3) is 0 Å². The second-order valence-electron chi connectivity index (χ2n) is 4.42. The topological polar surface area (TPSA) is 71.9 Å². The molecule has 0 spiro atoms. The van der Waals surface area contributed by atoms with Gasteiger partial charge in [0.1, 0.15) is 22.8 Å². The quantitative estimate of drug-likeness (QED) is 0.921. The van der Waals surface area contributed by atoms with Crippen molar-refractivity contribution in [3.05, 3.63) is 23.8 Å². The van der Waals surface area contributed by atoms with E-state index in [1.54, 1.807) is 31.1 Å². The Morgan fingerprint density at radius 1 is 1.20 bits per heavy atom. The first-order chi connectivity index (χ1) is 9.49. The second-order valence-corrected chi connectivity index (χ2v) is 4.42. The Morgan fingerprint density at radius 3 is 2.30 bits per heavy atom. The molecule has 2 aromatic rings. The van der Waals surface area contributed by atoms with Crippen molar-refractivity contribution in [1.82, 2.24) is 4.98 Å². The maximum absolute atomic E-state index is 11.5. The van der Waals surface area contributed by atoms with Crippen LogP contribution in [0.15, 0.2) is 18.2 Å². The molecule has 6 heteroatoms. The van der Waals surface area contributed by atoms with Gasteiger partial charge in [-0.3, -0.25) is 0 Å². The van der Waals surface area contributed by atoms with Crippen molar-refractivity contribution in [1.29, 1.82) is 0 Å². The largest absolute Gasteiger partial charge is 0.496 e. The number of carboxylic acids is 1. The molecule has 20 heavy (non-hydrogen) atoms. The van der Waals surface area contributed by atoms with Crippen LogP contribution in [0.3, 0.4) is 0 Å². The third kappa shape index (κ3) is 2.20. The minimum atomic E-state index is -1.04. The molecule has 1 heterocycles. The van der Waals surface area contributed by atoms with Crippen LogP contribution in [0.25, 0.3) is 10.9 Å². The van der Waals surface area contributed by atoms with E-state index in [0.717, 1.165) is 0 Å². The highest BCUT2D eigenvalue weighted by Gasteiger charge is 2.19. The average Bonchev–Trinajstić information content (AvgIpc) is 2.44. The molecule has 1 N–H and O–H groups in total.